The van der Waals surface area contributed by atoms with Crippen LogP contribution in [0.25, 0.3) is 0 Å². The third-order valence-corrected chi connectivity index (χ3v) is 3.93. The molecule has 0 fully saturated rings. The van der Waals surface area contributed by atoms with Crippen LogP contribution >= 0.6 is 15.9 Å². The van der Waals surface area contributed by atoms with Crippen LogP contribution in [0.5, 0.6) is 5.75 Å². The average molecular weight is 343 g/mol. The number of benzene rings is 1. The second kappa shape index (κ2) is 6.83. The summed E-state index contributed by atoms with van der Waals surface area (Å²) in [7, 11) is 1.67. The molecule has 20 heavy (non-hydrogen) atoms. The second-order valence-electron chi connectivity index (χ2n) is 4.76. The summed E-state index contributed by atoms with van der Waals surface area (Å²) in [5, 5.41) is 12.0. The number of anilines is 1. The van der Waals surface area contributed by atoms with Crippen molar-refractivity contribution in [2.45, 2.75) is 18.9 Å². The van der Waals surface area contributed by atoms with Gasteiger partial charge in [0.25, 0.3) is 0 Å². The van der Waals surface area contributed by atoms with E-state index in [1.165, 1.54) is 11.3 Å². The number of hydrogen-bond acceptors (Lipinski definition) is 3. The topological polar surface area (TPSA) is 61.8 Å². The average Bonchev–Trinajstić information content (AvgIpc) is 2.76. The van der Waals surface area contributed by atoms with Gasteiger partial charge in [-0.05, 0) is 24.5 Å². The first kappa shape index (κ1) is 15.0. The van der Waals surface area contributed by atoms with Crippen LogP contribution in [0.4, 0.5) is 10.5 Å². The lowest BCUT2D eigenvalue weighted by Crippen LogP contribution is -2.36. The maximum absolute atomic E-state index is 10.5. The molecule has 0 spiro atoms. The van der Waals surface area contributed by atoms with Gasteiger partial charge >= 0.3 is 6.09 Å². The van der Waals surface area contributed by atoms with Crippen LogP contribution in [0.3, 0.4) is 0 Å². The molecule has 1 amide bonds. The molecule has 5 nitrogen and oxygen atoms in total. The van der Waals surface area contributed by atoms with Gasteiger partial charge in [-0.15, -0.1) is 0 Å². The van der Waals surface area contributed by atoms with Gasteiger partial charge in [-0.3, -0.25) is 0 Å². The smallest absolute Gasteiger partial charge is 0.404 e. The molecule has 1 aliphatic rings. The largest absolute Gasteiger partial charge is 0.497 e. The van der Waals surface area contributed by atoms with E-state index in [-0.39, 0.29) is 0 Å². The van der Waals surface area contributed by atoms with Crippen LogP contribution in [0.15, 0.2) is 18.2 Å². The van der Waals surface area contributed by atoms with Crippen molar-refractivity contribution in [2.75, 3.05) is 30.4 Å². The fourth-order valence-corrected chi connectivity index (χ4v) is 3.05. The van der Waals surface area contributed by atoms with Gasteiger partial charge in [0, 0.05) is 36.2 Å². The normalized spacial score (nSPS) is 16.9. The van der Waals surface area contributed by atoms with Gasteiger partial charge in [0.15, 0.2) is 0 Å². The SMILES string of the molecule is COc1ccc2c(c1)N(CCBr)C(CCNC(=O)O)C2. The van der Waals surface area contributed by atoms with E-state index in [9.17, 15) is 4.79 Å². The summed E-state index contributed by atoms with van der Waals surface area (Å²) in [6, 6.07) is 6.47. The van der Waals surface area contributed by atoms with Gasteiger partial charge in [0.1, 0.15) is 5.75 Å². The first-order valence-electron chi connectivity index (χ1n) is 6.62. The Morgan fingerprint density at radius 3 is 3.05 bits per heavy atom. The maximum Gasteiger partial charge on any atom is 0.404 e. The number of nitrogens with one attached hydrogen (secondary N) is 1. The predicted molar refractivity (Wildman–Crippen MR) is 82.3 cm³/mol. The van der Waals surface area contributed by atoms with Crippen molar-refractivity contribution in [3.63, 3.8) is 0 Å². The van der Waals surface area contributed by atoms with Crippen LogP contribution in [0, 0.1) is 0 Å². The Labute approximate surface area is 127 Å². The standard InChI is InChI=1S/C14H19BrN2O3/c1-20-12-3-2-10-8-11(4-6-16-14(18)19)17(7-5-15)13(10)9-12/h2-3,9,11,16H,4-8H2,1H3,(H,18,19). The molecule has 1 heterocycles. The van der Waals surface area contributed by atoms with Crippen molar-refractivity contribution in [1.82, 2.24) is 5.32 Å². The van der Waals surface area contributed by atoms with E-state index in [0.717, 1.165) is 30.5 Å². The Morgan fingerprint density at radius 1 is 1.60 bits per heavy atom. The fraction of sp³-hybridized carbons (Fsp3) is 0.500. The quantitative estimate of drug-likeness (QED) is 0.779. The van der Waals surface area contributed by atoms with Crippen molar-refractivity contribution in [3.05, 3.63) is 23.8 Å². The highest BCUT2D eigenvalue weighted by atomic mass is 79.9. The monoisotopic (exact) mass is 342 g/mol. The van der Waals surface area contributed by atoms with Gasteiger partial charge in [-0.1, -0.05) is 22.0 Å². The van der Waals surface area contributed by atoms with Crippen LogP contribution in [0.1, 0.15) is 12.0 Å². The summed E-state index contributed by atoms with van der Waals surface area (Å²) >= 11 is 3.48. The molecule has 2 N–H and O–H groups in total. The number of halogens is 1. The van der Waals surface area contributed by atoms with Crippen molar-refractivity contribution in [3.8, 4) is 5.75 Å². The molecule has 2 rings (SSSR count). The van der Waals surface area contributed by atoms with E-state index < -0.39 is 6.09 Å². The Balaban J connectivity index is 2.10. The van der Waals surface area contributed by atoms with Gasteiger partial charge in [0.2, 0.25) is 0 Å². The molecule has 0 radical (unpaired) electrons. The lowest BCUT2D eigenvalue weighted by Gasteiger charge is -2.27. The molecule has 110 valence electrons. The molecular formula is C14H19BrN2O3. The summed E-state index contributed by atoms with van der Waals surface area (Å²) < 4.78 is 5.29. The molecule has 1 aliphatic heterocycles. The molecule has 6 heteroatoms. The highest BCUT2D eigenvalue weighted by Crippen LogP contribution is 2.36. The zero-order valence-electron chi connectivity index (χ0n) is 11.4. The number of fused-ring (bicyclic) bond motifs is 1. The number of alkyl halides is 1. The Hall–Kier alpha value is -1.43. The number of carboxylic acid groups (broad SMARTS) is 1. The first-order chi connectivity index (χ1) is 9.65. The summed E-state index contributed by atoms with van der Waals surface area (Å²) in [5.41, 5.74) is 2.50. The number of methoxy groups -OCH3 is 1. The van der Waals surface area contributed by atoms with Crippen molar-refractivity contribution < 1.29 is 14.6 Å². The van der Waals surface area contributed by atoms with E-state index in [4.69, 9.17) is 9.84 Å². The van der Waals surface area contributed by atoms with Gasteiger partial charge in [-0.2, -0.15) is 0 Å². The Morgan fingerprint density at radius 2 is 2.40 bits per heavy atom. The Kier molecular flexibility index (Phi) is 5.11. The van der Waals surface area contributed by atoms with Crippen molar-refractivity contribution in [2.24, 2.45) is 0 Å². The van der Waals surface area contributed by atoms with Gasteiger partial charge in [0.05, 0.1) is 7.11 Å². The van der Waals surface area contributed by atoms with E-state index in [0.29, 0.717) is 12.6 Å². The number of nitrogens with zero attached hydrogens (tertiary/aromatic N) is 1. The van der Waals surface area contributed by atoms with Crippen molar-refractivity contribution >= 4 is 27.7 Å². The van der Waals surface area contributed by atoms with E-state index in [1.807, 2.05) is 6.07 Å². The van der Waals surface area contributed by atoms with Crippen LogP contribution in [0.2, 0.25) is 0 Å². The third-order valence-electron chi connectivity index (χ3n) is 3.58. The highest BCUT2D eigenvalue weighted by Gasteiger charge is 2.28. The van der Waals surface area contributed by atoms with E-state index in [2.05, 4.69) is 38.3 Å². The number of carbonyl (C=O) groups is 1. The molecule has 0 saturated heterocycles. The maximum atomic E-state index is 10.5. The molecule has 1 aromatic carbocycles. The Bertz CT molecular complexity index is 481. The minimum atomic E-state index is -0.964. The summed E-state index contributed by atoms with van der Waals surface area (Å²) in [4.78, 5) is 12.9. The molecular weight excluding hydrogens is 324 g/mol. The van der Waals surface area contributed by atoms with Crippen LogP contribution < -0.4 is 15.0 Å². The fourth-order valence-electron chi connectivity index (χ4n) is 2.67. The zero-order chi connectivity index (χ0) is 14.5. The second-order valence-corrected chi connectivity index (χ2v) is 5.55. The lowest BCUT2D eigenvalue weighted by atomic mass is 10.1. The summed E-state index contributed by atoms with van der Waals surface area (Å²) in [5.74, 6) is 0.854. The van der Waals surface area contributed by atoms with Gasteiger partial charge in [-0.25, -0.2) is 4.79 Å². The molecule has 0 bridgehead atoms. The number of rotatable bonds is 6. The molecule has 0 saturated carbocycles. The highest BCUT2D eigenvalue weighted by molar-refractivity contribution is 9.09. The third kappa shape index (κ3) is 3.36. The van der Waals surface area contributed by atoms with Crippen LogP contribution in [-0.4, -0.2) is 42.8 Å². The molecule has 1 atom stereocenters. The zero-order valence-corrected chi connectivity index (χ0v) is 13.0. The number of ether oxygens (including phenoxy) is 1. The van der Waals surface area contributed by atoms with E-state index >= 15 is 0 Å². The predicted octanol–water partition coefficient (Wildman–Crippen LogP) is 2.48. The molecule has 1 unspecified atom stereocenters. The van der Waals surface area contributed by atoms with Gasteiger partial charge < -0.3 is 20.1 Å². The van der Waals surface area contributed by atoms with E-state index in [1.54, 1.807) is 7.11 Å². The first-order valence-corrected chi connectivity index (χ1v) is 7.74. The molecule has 0 aromatic heterocycles. The number of amides is 1. The molecule has 1 aromatic rings. The van der Waals surface area contributed by atoms with Crippen molar-refractivity contribution in [1.29, 1.82) is 0 Å². The number of hydrogen-bond donors (Lipinski definition) is 2. The van der Waals surface area contributed by atoms with Crippen LogP contribution in [-0.2, 0) is 6.42 Å². The minimum Gasteiger partial charge on any atom is -0.497 e. The minimum absolute atomic E-state index is 0.335. The lowest BCUT2D eigenvalue weighted by molar-refractivity contribution is 0.194. The summed E-state index contributed by atoms with van der Waals surface area (Å²) in [6.07, 6.45) is 0.790. The summed E-state index contributed by atoms with van der Waals surface area (Å²) in [6.45, 7) is 1.38. The molecule has 0 aliphatic carbocycles.